The largest absolute Gasteiger partial charge is 0.312 e. The topological polar surface area (TPSA) is 55.2 Å². The van der Waals surface area contributed by atoms with Gasteiger partial charge >= 0.3 is 0 Å². The van der Waals surface area contributed by atoms with Gasteiger partial charge in [0.05, 0.1) is 4.92 Å². The Balaban J connectivity index is 2.27. The molecule has 1 aromatic carbocycles. The minimum atomic E-state index is -0.329. The van der Waals surface area contributed by atoms with Gasteiger partial charge in [0.15, 0.2) is 0 Å². The fourth-order valence-electron chi connectivity index (χ4n) is 1.93. The molecule has 0 radical (unpaired) electrons. The molecule has 0 heterocycles. The number of hydrogen-bond acceptors (Lipinski definition) is 4. The first-order valence-corrected chi connectivity index (χ1v) is 8.96. The van der Waals surface area contributed by atoms with Crippen LogP contribution in [0.3, 0.4) is 0 Å². The van der Waals surface area contributed by atoms with Crippen LogP contribution in [0, 0.1) is 10.1 Å². The van der Waals surface area contributed by atoms with Crippen molar-refractivity contribution < 1.29 is 4.92 Å². The van der Waals surface area contributed by atoms with Crippen LogP contribution in [-0.2, 0) is 6.54 Å². The van der Waals surface area contributed by atoms with Crippen LogP contribution in [0.2, 0.25) is 0 Å². The van der Waals surface area contributed by atoms with Crippen molar-refractivity contribution in [3.8, 4) is 0 Å². The lowest BCUT2D eigenvalue weighted by molar-refractivity contribution is -0.385. The van der Waals surface area contributed by atoms with Crippen LogP contribution in [0.4, 0.5) is 5.69 Å². The molecule has 0 aliphatic heterocycles. The van der Waals surface area contributed by atoms with Crippen LogP contribution < -0.4 is 5.32 Å². The van der Waals surface area contributed by atoms with Crippen molar-refractivity contribution in [2.45, 2.75) is 32.2 Å². The monoisotopic (exact) mass is 360 g/mol. The maximum atomic E-state index is 11.0. The molecular formula is C14H21BrN2O2S. The standard InChI is InChI=1S/C14H21BrN2O2S/c1-20-9-5-3-2-4-8-16-11-12-6-7-13(15)10-14(12)17(18)19/h6-7,10,16H,2-5,8-9,11H2,1H3. The second-order valence-corrected chi connectivity index (χ2v) is 6.52. The van der Waals surface area contributed by atoms with Gasteiger partial charge in [0, 0.05) is 22.6 Å². The molecule has 0 bridgehead atoms. The van der Waals surface area contributed by atoms with Crippen LogP contribution in [0.25, 0.3) is 0 Å². The maximum absolute atomic E-state index is 11.0. The molecule has 0 saturated carbocycles. The highest BCUT2D eigenvalue weighted by Gasteiger charge is 2.13. The average Bonchev–Trinajstić information content (AvgIpc) is 2.43. The molecule has 0 spiro atoms. The van der Waals surface area contributed by atoms with Gasteiger partial charge in [-0.1, -0.05) is 28.8 Å². The van der Waals surface area contributed by atoms with Crippen LogP contribution in [0.1, 0.15) is 31.2 Å². The van der Waals surface area contributed by atoms with Gasteiger partial charge in [-0.3, -0.25) is 10.1 Å². The van der Waals surface area contributed by atoms with E-state index in [0.717, 1.165) is 23.0 Å². The molecule has 0 saturated heterocycles. The fourth-order valence-corrected chi connectivity index (χ4v) is 2.77. The molecule has 1 N–H and O–H groups in total. The average molecular weight is 361 g/mol. The van der Waals surface area contributed by atoms with Crippen LogP contribution in [-0.4, -0.2) is 23.5 Å². The van der Waals surface area contributed by atoms with E-state index in [4.69, 9.17) is 0 Å². The number of nitrogens with one attached hydrogen (secondary N) is 1. The smallest absolute Gasteiger partial charge is 0.275 e. The molecule has 4 nitrogen and oxygen atoms in total. The molecule has 0 amide bonds. The lowest BCUT2D eigenvalue weighted by Gasteiger charge is -2.06. The van der Waals surface area contributed by atoms with E-state index in [1.807, 2.05) is 17.8 Å². The van der Waals surface area contributed by atoms with E-state index >= 15 is 0 Å². The van der Waals surface area contributed by atoms with Gasteiger partial charge in [0.2, 0.25) is 0 Å². The van der Waals surface area contributed by atoms with E-state index in [9.17, 15) is 10.1 Å². The molecule has 6 heteroatoms. The van der Waals surface area contributed by atoms with Crippen LogP contribution in [0.15, 0.2) is 22.7 Å². The van der Waals surface area contributed by atoms with Gasteiger partial charge in [-0.05, 0) is 43.5 Å². The number of thioether (sulfide) groups is 1. The molecule has 0 unspecified atom stereocenters. The third kappa shape index (κ3) is 6.72. The van der Waals surface area contributed by atoms with Crippen LogP contribution in [0.5, 0.6) is 0 Å². The lowest BCUT2D eigenvalue weighted by Crippen LogP contribution is -2.15. The summed E-state index contributed by atoms with van der Waals surface area (Å²) in [4.78, 5) is 10.6. The summed E-state index contributed by atoms with van der Waals surface area (Å²) in [5.41, 5.74) is 0.910. The van der Waals surface area contributed by atoms with Crippen molar-refractivity contribution in [3.05, 3.63) is 38.3 Å². The van der Waals surface area contributed by atoms with Crippen molar-refractivity contribution in [3.63, 3.8) is 0 Å². The summed E-state index contributed by atoms with van der Waals surface area (Å²) in [5, 5.41) is 14.2. The Morgan fingerprint density at radius 2 is 2.05 bits per heavy atom. The van der Waals surface area contributed by atoms with Gasteiger partial charge in [-0.15, -0.1) is 0 Å². The van der Waals surface area contributed by atoms with Crippen molar-refractivity contribution >= 4 is 33.4 Å². The highest BCUT2D eigenvalue weighted by atomic mass is 79.9. The molecule has 112 valence electrons. The first-order valence-electron chi connectivity index (χ1n) is 6.77. The summed E-state index contributed by atoms with van der Waals surface area (Å²) in [7, 11) is 0. The summed E-state index contributed by atoms with van der Waals surface area (Å²) in [6, 6.07) is 5.19. The Hall–Kier alpha value is -0.590. The molecule has 0 atom stereocenters. The minimum Gasteiger partial charge on any atom is -0.312 e. The number of nitro groups is 1. The van der Waals surface area contributed by atoms with E-state index in [0.29, 0.717) is 6.54 Å². The fraction of sp³-hybridized carbons (Fsp3) is 0.571. The Kier molecular flexibility index (Phi) is 8.89. The van der Waals surface area contributed by atoms with Crippen molar-refractivity contribution in [2.24, 2.45) is 0 Å². The summed E-state index contributed by atoms with van der Waals surface area (Å²) in [6.45, 7) is 1.46. The normalized spacial score (nSPS) is 10.7. The molecule has 20 heavy (non-hydrogen) atoms. The lowest BCUT2D eigenvalue weighted by atomic mass is 10.1. The number of halogens is 1. The molecule has 1 rings (SSSR count). The third-order valence-electron chi connectivity index (χ3n) is 3.01. The van der Waals surface area contributed by atoms with E-state index in [-0.39, 0.29) is 10.6 Å². The summed E-state index contributed by atoms with van der Waals surface area (Å²) in [5.74, 6) is 1.23. The highest BCUT2D eigenvalue weighted by molar-refractivity contribution is 9.10. The zero-order valence-corrected chi connectivity index (χ0v) is 14.1. The molecule has 0 aromatic heterocycles. The Labute approximate surface area is 133 Å². The first-order chi connectivity index (χ1) is 9.65. The van der Waals surface area contributed by atoms with Crippen molar-refractivity contribution in [1.29, 1.82) is 0 Å². The van der Waals surface area contributed by atoms with Crippen molar-refractivity contribution in [2.75, 3.05) is 18.6 Å². The number of nitrogens with zero attached hydrogens (tertiary/aromatic N) is 1. The number of hydrogen-bond donors (Lipinski definition) is 1. The predicted octanol–water partition coefficient (Wildman–Crippen LogP) is 4.37. The summed E-state index contributed by atoms with van der Waals surface area (Å²) in [6.07, 6.45) is 7.02. The Bertz CT molecular complexity index is 430. The van der Waals surface area contributed by atoms with Gasteiger partial charge < -0.3 is 5.32 Å². The third-order valence-corrected chi connectivity index (χ3v) is 4.20. The Morgan fingerprint density at radius 3 is 2.75 bits per heavy atom. The van der Waals surface area contributed by atoms with E-state index in [2.05, 4.69) is 27.5 Å². The molecule has 0 fully saturated rings. The van der Waals surface area contributed by atoms with E-state index < -0.39 is 0 Å². The van der Waals surface area contributed by atoms with Gasteiger partial charge in [0.1, 0.15) is 0 Å². The van der Waals surface area contributed by atoms with Gasteiger partial charge in [-0.25, -0.2) is 0 Å². The maximum Gasteiger partial charge on any atom is 0.275 e. The quantitative estimate of drug-likeness (QED) is 0.382. The molecular weight excluding hydrogens is 340 g/mol. The van der Waals surface area contributed by atoms with E-state index in [1.165, 1.54) is 25.0 Å². The zero-order valence-electron chi connectivity index (χ0n) is 11.7. The summed E-state index contributed by atoms with van der Waals surface area (Å²) < 4.78 is 0.738. The predicted molar refractivity (Wildman–Crippen MR) is 89.4 cm³/mol. The van der Waals surface area contributed by atoms with Crippen LogP contribution >= 0.6 is 27.7 Å². The van der Waals surface area contributed by atoms with Gasteiger partial charge in [-0.2, -0.15) is 11.8 Å². The summed E-state index contributed by atoms with van der Waals surface area (Å²) >= 11 is 5.15. The second-order valence-electron chi connectivity index (χ2n) is 4.61. The minimum absolute atomic E-state index is 0.173. The number of benzene rings is 1. The highest BCUT2D eigenvalue weighted by Crippen LogP contribution is 2.23. The first kappa shape index (κ1) is 17.5. The molecule has 0 aliphatic rings. The second kappa shape index (κ2) is 10.2. The van der Waals surface area contributed by atoms with Crippen molar-refractivity contribution in [1.82, 2.24) is 5.32 Å². The number of rotatable bonds is 10. The molecule has 0 aliphatic carbocycles. The SMILES string of the molecule is CSCCCCCCNCc1ccc(Br)cc1[N+](=O)[O-]. The molecule has 1 aromatic rings. The number of nitro benzene ring substituents is 1. The zero-order chi connectivity index (χ0) is 14.8. The number of unbranched alkanes of at least 4 members (excludes halogenated alkanes) is 3. The van der Waals surface area contributed by atoms with E-state index in [1.54, 1.807) is 12.1 Å². The Morgan fingerprint density at radius 1 is 1.30 bits per heavy atom. The van der Waals surface area contributed by atoms with Gasteiger partial charge in [0.25, 0.3) is 5.69 Å².